The number of fused-ring (bicyclic) bond motifs is 7. The van der Waals surface area contributed by atoms with E-state index in [-0.39, 0.29) is 23.4 Å². The topological polar surface area (TPSA) is 47.9 Å². The molecule has 1 spiro atoms. The Balaban J connectivity index is 1.25. The van der Waals surface area contributed by atoms with Crippen LogP contribution in [0.4, 0.5) is 0 Å². The van der Waals surface area contributed by atoms with Gasteiger partial charge in [0.05, 0.1) is 24.9 Å². The van der Waals surface area contributed by atoms with E-state index in [1.807, 2.05) is 0 Å². The van der Waals surface area contributed by atoms with E-state index in [4.69, 9.17) is 14.2 Å². The molecule has 6 rings (SSSR count). The zero-order chi connectivity index (χ0) is 22.5. The van der Waals surface area contributed by atoms with Crippen LogP contribution < -0.4 is 0 Å². The Hall–Kier alpha value is -0.160. The molecule has 0 aromatic heterocycles. The molecule has 4 nitrogen and oxygen atoms in total. The molecule has 2 aliphatic heterocycles. The van der Waals surface area contributed by atoms with Crippen LogP contribution in [-0.4, -0.2) is 42.9 Å². The molecule has 4 saturated carbocycles. The van der Waals surface area contributed by atoms with Crippen molar-refractivity contribution in [2.75, 3.05) is 13.7 Å². The first-order chi connectivity index (χ1) is 15.2. The first-order valence-electron chi connectivity index (χ1n) is 13.7. The Labute approximate surface area is 195 Å². The van der Waals surface area contributed by atoms with Crippen molar-refractivity contribution >= 4 is 0 Å². The normalized spacial score (nSPS) is 61.7. The molecule has 0 aromatic rings. The highest BCUT2D eigenvalue weighted by Gasteiger charge is 2.69. The molecule has 6 aliphatic rings. The highest BCUT2D eigenvalue weighted by Crippen LogP contribution is 2.71. The minimum absolute atomic E-state index is 0.0352. The summed E-state index contributed by atoms with van der Waals surface area (Å²) < 4.78 is 19.0. The summed E-state index contributed by atoms with van der Waals surface area (Å²) in [6, 6.07) is 0. The van der Waals surface area contributed by atoms with Crippen LogP contribution in [0.25, 0.3) is 0 Å². The molecule has 0 aromatic carbocycles. The van der Waals surface area contributed by atoms with Crippen molar-refractivity contribution < 1.29 is 19.3 Å². The number of ether oxygens (including phenoxy) is 3. The third-order valence-electron chi connectivity index (χ3n) is 12.2. The monoisotopic (exact) mass is 446 g/mol. The van der Waals surface area contributed by atoms with Gasteiger partial charge in [-0.2, -0.15) is 0 Å². The molecular formula is C28H46O4. The lowest BCUT2D eigenvalue weighted by Gasteiger charge is -2.62. The average Bonchev–Trinajstić information content (AvgIpc) is 3.20. The van der Waals surface area contributed by atoms with E-state index >= 15 is 0 Å². The van der Waals surface area contributed by atoms with Crippen LogP contribution in [0.15, 0.2) is 0 Å². The molecule has 32 heavy (non-hydrogen) atoms. The van der Waals surface area contributed by atoms with Gasteiger partial charge in [-0.1, -0.05) is 27.7 Å². The Morgan fingerprint density at radius 1 is 0.938 bits per heavy atom. The summed E-state index contributed by atoms with van der Waals surface area (Å²) in [6.45, 7) is 10.8. The van der Waals surface area contributed by atoms with Gasteiger partial charge >= 0.3 is 0 Å². The van der Waals surface area contributed by atoms with Gasteiger partial charge in [-0.3, -0.25) is 0 Å². The van der Waals surface area contributed by atoms with Crippen molar-refractivity contribution in [3.05, 3.63) is 0 Å². The SMILES string of the molecule is CO[C@@H]1C[C@H]2CC[C@@H]3[C@H](CC[C@]4(C)[C@@H]5[C@H](C[C@@H]34)O[C@]3(CC[C@@H](C)CO3)[C@H]5C)[C@@]2(C)C[C@H]1O. The van der Waals surface area contributed by atoms with Crippen molar-refractivity contribution in [2.45, 2.75) is 110 Å². The Kier molecular flexibility index (Phi) is 5.17. The van der Waals surface area contributed by atoms with Crippen LogP contribution in [0, 0.1) is 52.3 Å². The molecule has 1 N–H and O–H groups in total. The molecule has 13 atom stereocenters. The minimum atomic E-state index is -0.307. The van der Waals surface area contributed by atoms with E-state index in [2.05, 4.69) is 27.7 Å². The summed E-state index contributed by atoms with van der Waals surface area (Å²) >= 11 is 0. The molecule has 0 bridgehead atoms. The first-order valence-corrected chi connectivity index (χ1v) is 13.7. The van der Waals surface area contributed by atoms with E-state index in [0.29, 0.717) is 35.2 Å². The van der Waals surface area contributed by atoms with Gasteiger partial charge in [0.1, 0.15) is 0 Å². The zero-order valence-corrected chi connectivity index (χ0v) is 21.0. The quantitative estimate of drug-likeness (QED) is 0.584. The third kappa shape index (κ3) is 2.88. The average molecular weight is 447 g/mol. The lowest BCUT2D eigenvalue weighted by Crippen LogP contribution is -2.57. The molecule has 4 heteroatoms. The van der Waals surface area contributed by atoms with E-state index in [9.17, 15) is 5.11 Å². The van der Waals surface area contributed by atoms with Crippen LogP contribution in [0.2, 0.25) is 0 Å². The van der Waals surface area contributed by atoms with Gasteiger partial charge in [0.25, 0.3) is 0 Å². The van der Waals surface area contributed by atoms with E-state index in [0.717, 1.165) is 43.6 Å². The van der Waals surface area contributed by atoms with E-state index in [1.54, 1.807) is 7.11 Å². The third-order valence-corrected chi connectivity index (χ3v) is 12.2. The predicted octanol–water partition coefficient (Wildman–Crippen LogP) is 5.42. The number of aliphatic hydroxyl groups is 1. The van der Waals surface area contributed by atoms with Gasteiger partial charge in [0.15, 0.2) is 5.79 Å². The van der Waals surface area contributed by atoms with Gasteiger partial charge < -0.3 is 19.3 Å². The molecule has 4 aliphatic carbocycles. The van der Waals surface area contributed by atoms with Gasteiger partial charge in [0, 0.05) is 19.4 Å². The van der Waals surface area contributed by atoms with Crippen molar-refractivity contribution in [1.29, 1.82) is 0 Å². The second-order valence-corrected chi connectivity index (χ2v) is 13.5. The molecular weight excluding hydrogens is 400 g/mol. The lowest BCUT2D eigenvalue weighted by molar-refractivity contribution is -0.273. The molecule has 182 valence electrons. The fourth-order valence-corrected chi connectivity index (χ4v) is 10.5. The minimum Gasteiger partial charge on any atom is -0.390 e. The maximum Gasteiger partial charge on any atom is 0.171 e. The van der Waals surface area contributed by atoms with E-state index in [1.165, 1.54) is 38.5 Å². The van der Waals surface area contributed by atoms with Crippen molar-refractivity contribution in [2.24, 2.45) is 52.3 Å². The van der Waals surface area contributed by atoms with Gasteiger partial charge in [-0.05, 0) is 97.7 Å². The summed E-state index contributed by atoms with van der Waals surface area (Å²) in [5.74, 6) is 4.52. The number of methoxy groups -OCH3 is 1. The summed E-state index contributed by atoms with van der Waals surface area (Å²) in [4.78, 5) is 0. The van der Waals surface area contributed by atoms with Gasteiger partial charge in [0.2, 0.25) is 0 Å². The first kappa shape index (κ1) is 22.3. The Morgan fingerprint density at radius 2 is 1.75 bits per heavy atom. The molecule has 2 heterocycles. The van der Waals surface area contributed by atoms with Gasteiger partial charge in [-0.15, -0.1) is 0 Å². The second kappa shape index (κ2) is 7.42. The molecule has 0 unspecified atom stereocenters. The molecule has 0 amide bonds. The van der Waals surface area contributed by atoms with Crippen LogP contribution in [0.5, 0.6) is 0 Å². The van der Waals surface area contributed by atoms with Gasteiger partial charge in [-0.25, -0.2) is 0 Å². The molecule has 2 saturated heterocycles. The number of aliphatic hydroxyl groups excluding tert-OH is 1. The molecule has 0 radical (unpaired) electrons. The highest BCUT2D eigenvalue weighted by molar-refractivity contribution is 5.15. The summed E-state index contributed by atoms with van der Waals surface area (Å²) in [7, 11) is 1.77. The maximum absolute atomic E-state index is 10.9. The van der Waals surface area contributed by atoms with Crippen molar-refractivity contribution in [1.82, 2.24) is 0 Å². The standard InChI is InChI=1S/C28H46O4/c1-16-8-11-28(31-15-16)17(2)25-24(32-28)13-21-19-7-6-18-12-23(30-5)22(29)14-27(18,4)20(19)9-10-26(21,25)3/h16-25,29H,6-15H2,1-5H3/t16-,17+,18-,19-,20+,21+,22-,23-,24+,25+,26+,27+,28-/m1/s1. The largest absolute Gasteiger partial charge is 0.390 e. The highest BCUT2D eigenvalue weighted by atomic mass is 16.7. The van der Waals surface area contributed by atoms with Crippen molar-refractivity contribution in [3.63, 3.8) is 0 Å². The maximum atomic E-state index is 10.9. The zero-order valence-electron chi connectivity index (χ0n) is 21.0. The number of rotatable bonds is 1. The summed E-state index contributed by atoms with van der Waals surface area (Å²) in [5, 5.41) is 10.9. The number of hydrogen-bond acceptors (Lipinski definition) is 4. The fourth-order valence-electron chi connectivity index (χ4n) is 10.5. The van der Waals surface area contributed by atoms with E-state index < -0.39 is 0 Å². The van der Waals surface area contributed by atoms with Crippen LogP contribution in [0.3, 0.4) is 0 Å². The van der Waals surface area contributed by atoms with Crippen LogP contribution in [0.1, 0.15) is 85.5 Å². The number of hydrogen-bond donors (Lipinski definition) is 1. The second-order valence-electron chi connectivity index (χ2n) is 13.5. The fraction of sp³-hybridized carbons (Fsp3) is 1.00. The van der Waals surface area contributed by atoms with Crippen LogP contribution >= 0.6 is 0 Å². The lowest BCUT2D eigenvalue weighted by atomic mass is 9.44. The van der Waals surface area contributed by atoms with Crippen LogP contribution in [-0.2, 0) is 14.2 Å². The Bertz CT molecular complexity index is 731. The smallest absolute Gasteiger partial charge is 0.171 e. The summed E-state index contributed by atoms with van der Waals surface area (Å²) in [5.41, 5.74) is 0.652. The molecule has 6 fully saturated rings. The predicted molar refractivity (Wildman–Crippen MR) is 124 cm³/mol. The Morgan fingerprint density at radius 3 is 2.47 bits per heavy atom. The summed E-state index contributed by atoms with van der Waals surface area (Å²) in [6.07, 6.45) is 11.0. The van der Waals surface area contributed by atoms with Crippen molar-refractivity contribution in [3.8, 4) is 0 Å².